The Labute approximate surface area is 124 Å². The number of aryl methyl sites for hydroxylation is 1. The molecule has 118 valence electrons. The minimum absolute atomic E-state index is 0.00407. The smallest absolute Gasteiger partial charge is 0.337 e. The summed E-state index contributed by atoms with van der Waals surface area (Å²) < 4.78 is 2.82. The highest BCUT2D eigenvalue weighted by molar-refractivity contribution is 5.76. The van der Waals surface area contributed by atoms with E-state index in [1.54, 1.807) is 11.5 Å². The fraction of sp³-hybridized carbons (Fsp3) is 0.786. The molecule has 2 unspecified atom stereocenters. The lowest BCUT2D eigenvalue weighted by molar-refractivity contribution is -0.136. The molecule has 2 heterocycles. The lowest BCUT2D eigenvalue weighted by Crippen LogP contribution is -2.51. The van der Waals surface area contributed by atoms with Gasteiger partial charge in [-0.05, 0) is 32.6 Å². The van der Waals surface area contributed by atoms with Gasteiger partial charge in [0.1, 0.15) is 12.4 Å². The Balaban J connectivity index is 2.15. The summed E-state index contributed by atoms with van der Waals surface area (Å²) in [6, 6.07) is 0.0822. The fourth-order valence-electron chi connectivity index (χ4n) is 2.99. The Hall–Kier alpha value is -1.63. The van der Waals surface area contributed by atoms with Gasteiger partial charge in [-0.15, -0.1) is 0 Å². The summed E-state index contributed by atoms with van der Waals surface area (Å²) in [5.74, 6) is 1.04. The van der Waals surface area contributed by atoms with E-state index in [9.17, 15) is 9.59 Å². The predicted molar refractivity (Wildman–Crippen MR) is 79.9 cm³/mol. The molecule has 1 aromatic rings. The van der Waals surface area contributed by atoms with E-state index >= 15 is 0 Å². The molecule has 21 heavy (non-hydrogen) atoms. The van der Waals surface area contributed by atoms with Gasteiger partial charge in [0.15, 0.2) is 0 Å². The van der Waals surface area contributed by atoms with Crippen molar-refractivity contribution in [1.29, 1.82) is 0 Å². The number of rotatable bonds is 4. The molecule has 1 aliphatic heterocycles. The first-order valence-corrected chi connectivity index (χ1v) is 7.61. The third-order valence-electron chi connectivity index (χ3n) is 4.24. The normalized spacial score (nSPS) is 22.6. The van der Waals surface area contributed by atoms with Crippen LogP contribution in [0.4, 0.5) is 0 Å². The maximum Gasteiger partial charge on any atom is 0.346 e. The molecule has 7 nitrogen and oxygen atoms in total. The van der Waals surface area contributed by atoms with E-state index in [1.165, 1.54) is 4.68 Å². The lowest BCUT2D eigenvalue weighted by atomic mass is 9.94. The van der Waals surface area contributed by atoms with Crippen molar-refractivity contribution in [3.8, 4) is 0 Å². The summed E-state index contributed by atoms with van der Waals surface area (Å²) in [5.41, 5.74) is 5.54. The molecule has 0 aliphatic carbocycles. The van der Waals surface area contributed by atoms with Crippen molar-refractivity contribution in [1.82, 2.24) is 19.2 Å². The Morgan fingerprint density at radius 3 is 2.71 bits per heavy atom. The van der Waals surface area contributed by atoms with Crippen molar-refractivity contribution in [2.24, 2.45) is 11.7 Å². The minimum atomic E-state index is -0.224. The first-order valence-electron chi connectivity index (χ1n) is 7.61. The highest BCUT2D eigenvalue weighted by Crippen LogP contribution is 2.21. The molecule has 1 aliphatic rings. The van der Waals surface area contributed by atoms with Gasteiger partial charge in [0, 0.05) is 25.7 Å². The van der Waals surface area contributed by atoms with Crippen molar-refractivity contribution in [2.45, 2.75) is 52.7 Å². The van der Waals surface area contributed by atoms with Crippen molar-refractivity contribution in [2.75, 3.05) is 13.1 Å². The largest absolute Gasteiger partial charge is 0.346 e. The van der Waals surface area contributed by atoms with Crippen LogP contribution in [0, 0.1) is 12.8 Å². The van der Waals surface area contributed by atoms with Gasteiger partial charge in [-0.25, -0.2) is 9.48 Å². The van der Waals surface area contributed by atoms with Gasteiger partial charge in [0.2, 0.25) is 5.91 Å². The number of likely N-dealkylation sites (tertiary alicyclic amines) is 1. The number of piperidine rings is 1. The molecule has 0 aromatic carbocycles. The van der Waals surface area contributed by atoms with Crippen LogP contribution in [0.3, 0.4) is 0 Å². The van der Waals surface area contributed by atoms with E-state index in [-0.39, 0.29) is 24.2 Å². The zero-order valence-corrected chi connectivity index (χ0v) is 13.1. The second-order valence-electron chi connectivity index (χ2n) is 5.85. The van der Waals surface area contributed by atoms with E-state index in [0.717, 1.165) is 12.8 Å². The third kappa shape index (κ3) is 3.18. The molecule has 0 spiro atoms. The Morgan fingerprint density at radius 2 is 2.14 bits per heavy atom. The van der Waals surface area contributed by atoms with Crippen LogP contribution in [0.1, 0.15) is 32.5 Å². The molecular formula is C14H25N5O2. The Kier molecular flexibility index (Phi) is 4.82. The van der Waals surface area contributed by atoms with Gasteiger partial charge >= 0.3 is 5.69 Å². The van der Waals surface area contributed by atoms with E-state index < -0.39 is 0 Å². The second kappa shape index (κ2) is 6.43. The molecule has 0 radical (unpaired) electrons. The minimum Gasteiger partial charge on any atom is -0.337 e. The molecular weight excluding hydrogens is 270 g/mol. The molecule has 1 aromatic heterocycles. The summed E-state index contributed by atoms with van der Waals surface area (Å²) in [4.78, 5) is 26.4. The number of amides is 1. The molecule has 0 saturated carbocycles. The average Bonchev–Trinajstić information content (AvgIpc) is 2.72. The molecule has 0 bridgehead atoms. The first-order chi connectivity index (χ1) is 9.97. The molecule has 2 N–H and O–H groups in total. The SMILES string of the molecule is CCn1c(C)nn(CC(=O)N2CC(C)CCC2CN)c1=O. The van der Waals surface area contributed by atoms with Crippen LogP contribution in [0.15, 0.2) is 4.79 Å². The fourth-order valence-corrected chi connectivity index (χ4v) is 2.99. The summed E-state index contributed by atoms with van der Waals surface area (Å²) in [6.07, 6.45) is 2.02. The molecule has 1 fully saturated rings. The summed E-state index contributed by atoms with van der Waals surface area (Å²) in [5, 5.41) is 4.17. The van der Waals surface area contributed by atoms with Crippen molar-refractivity contribution in [3.05, 3.63) is 16.3 Å². The summed E-state index contributed by atoms with van der Waals surface area (Å²) in [7, 11) is 0. The van der Waals surface area contributed by atoms with Gasteiger partial charge in [0.25, 0.3) is 0 Å². The van der Waals surface area contributed by atoms with E-state index in [2.05, 4.69) is 12.0 Å². The van der Waals surface area contributed by atoms with Crippen LogP contribution in [0.2, 0.25) is 0 Å². The highest BCUT2D eigenvalue weighted by Gasteiger charge is 2.29. The molecule has 2 rings (SSSR count). The third-order valence-corrected chi connectivity index (χ3v) is 4.24. The zero-order chi connectivity index (χ0) is 15.6. The van der Waals surface area contributed by atoms with Crippen LogP contribution in [0.25, 0.3) is 0 Å². The van der Waals surface area contributed by atoms with Gasteiger partial charge in [-0.2, -0.15) is 5.10 Å². The van der Waals surface area contributed by atoms with E-state index in [1.807, 2.05) is 11.8 Å². The number of nitrogens with two attached hydrogens (primary N) is 1. The second-order valence-corrected chi connectivity index (χ2v) is 5.85. The van der Waals surface area contributed by atoms with Crippen LogP contribution >= 0.6 is 0 Å². The molecule has 1 amide bonds. The first kappa shape index (κ1) is 15.8. The number of aromatic nitrogens is 3. The predicted octanol–water partition coefficient (Wildman–Crippen LogP) is -0.0411. The average molecular weight is 295 g/mol. The topological polar surface area (TPSA) is 86.2 Å². The Bertz CT molecular complexity index is 562. The monoisotopic (exact) mass is 295 g/mol. The van der Waals surface area contributed by atoms with Crippen molar-refractivity contribution >= 4 is 5.91 Å². The number of nitrogens with zero attached hydrogens (tertiary/aromatic N) is 4. The standard InChI is InChI=1S/C14H25N5O2/c1-4-17-11(3)16-19(14(17)21)9-13(20)18-8-10(2)5-6-12(18)7-15/h10,12H,4-9,15H2,1-3H3. The van der Waals surface area contributed by atoms with Crippen LogP contribution in [0.5, 0.6) is 0 Å². The summed E-state index contributed by atoms with van der Waals surface area (Å²) >= 11 is 0. The quantitative estimate of drug-likeness (QED) is 0.844. The number of carbonyl (C=O) groups excluding carboxylic acids is 1. The number of hydrogen-bond donors (Lipinski definition) is 1. The molecule has 1 saturated heterocycles. The highest BCUT2D eigenvalue weighted by atomic mass is 16.2. The van der Waals surface area contributed by atoms with Crippen molar-refractivity contribution in [3.63, 3.8) is 0 Å². The van der Waals surface area contributed by atoms with Gasteiger partial charge in [-0.3, -0.25) is 9.36 Å². The zero-order valence-electron chi connectivity index (χ0n) is 13.1. The van der Waals surface area contributed by atoms with Crippen molar-refractivity contribution < 1.29 is 4.79 Å². The van der Waals surface area contributed by atoms with Gasteiger partial charge < -0.3 is 10.6 Å². The summed E-state index contributed by atoms with van der Waals surface area (Å²) in [6.45, 7) is 7.53. The van der Waals surface area contributed by atoms with Crippen LogP contribution in [-0.2, 0) is 17.9 Å². The lowest BCUT2D eigenvalue weighted by Gasteiger charge is -2.38. The maximum atomic E-state index is 12.5. The Morgan fingerprint density at radius 1 is 1.43 bits per heavy atom. The van der Waals surface area contributed by atoms with Gasteiger partial charge in [-0.1, -0.05) is 6.92 Å². The number of hydrogen-bond acceptors (Lipinski definition) is 4. The maximum absolute atomic E-state index is 12.5. The molecule has 7 heteroatoms. The number of carbonyl (C=O) groups is 1. The molecule has 2 atom stereocenters. The van der Waals surface area contributed by atoms with Crippen LogP contribution in [-0.4, -0.2) is 44.3 Å². The van der Waals surface area contributed by atoms with E-state index in [4.69, 9.17) is 5.73 Å². The van der Waals surface area contributed by atoms with E-state index in [0.29, 0.717) is 31.4 Å². The van der Waals surface area contributed by atoms with Gasteiger partial charge in [0.05, 0.1) is 0 Å². The van der Waals surface area contributed by atoms with Crippen LogP contribution < -0.4 is 11.4 Å².